The van der Waals surface area contributed by atoms with Gasteiger partial charge in [0.15, 0.2) is 0 Å². The number of nitrogens with zero attached hydrogens (tertiary/aromatic N) is 2. The first kappa shape index (κ1) is 22.9. The van der Waals surface area contributed by atoms with Crippen LogP contribution in [0.3, 0.4) is 0 Å². The first-order valence-electron chi connectivity index (χ1n) is 9.96. The van der Waals surface area contributed by atoms with E-state index in [0.29, 0.717) is 6.54 Å². The summed E-state index contributed by atoms with van der Waals surface area (Å²) in [6, 6.07) is 15.2. The first-order valence-corrected chi connectivity index (χ1v) is 11.4. The summed E-state index contributed by atoms with van der Waals surface area (Å²) in [5.74, 6) is -1.69. The Hall–Kier alpha value is -2.79. The molecule has 1 aliphatic heterocycles. The maximum atomic E-state index is 12.3. The molecule has 2 aromatic carbocycles. The van der Waals surface area contributed by atoms with Gasteiger partial charge < -0.3 is 10.0 Å². The summed E-state index contributed by atoms with van der Waals surface area (Å²) in [6.45, 7) is 4.93. The van der Waals surface area contributed by atoms with E-state index in [1.54, 1.807) is 0 Å². The number of sulfonamides is 1. The molecule has 1 heterocycles. The number of amides is 1. The fraction of sp³-hybridized carbons (Fsp3) is 0.333. The number of carbonyl (C=O) groups excluding carboxylic acids is 1. The average Bonchev–Trinajstić information content (AvgIpc) is 2.78. The van der Waals surface area contributed by atoms with Crippen LogP contribution in [-0.4, -0.2) is 67.9 Å². The van der Waals surface area contributed by atoms with E-state index in [1.165, 1.54) is 23.8 Å². The summed E-state index contributed by atoms with van der Waals surface area (Å²) in [7, 11) is -4.06. The van der Waals surface area contributed by atoms with E-state index in [1.807, 2.05) is 23.0 Å². The number of carboxylic acids is 1. The van der Waals surface area contributed by atoms with Gasteiger partial charge in [0.2, 0.25) is 5.91 Å². The van der Waals surface area contributed by atoms with Crippen molar-refractivity contribution >= 4 is 21.9 Å². The van der Waals surface area contributed by atoms with Crippen LogP contribution in [0.1, 0.15) is 22.3 Å². The Morgan fingerprint density at radius 3 is 2.29 bits per heavy atom. The Balaban J connectivity index is 1.39. The second-order valence-corrected chi connectivity index (χ2v) is 9.02. The lowest BCUT2D eigenvalue weighted by Gasteiger charge is -2.34. The van der Waals surface area contributed by atoms with Crippen molar-refractivity contribution in [2.24, 2.45) is 0 Å². The van der Waals surface area contributed by atoms with Crippen LogP contribution in [0.4, 0.5) is 0 Å². The number of piperazine rings is 1. The monoisotopic (exact) mass is 446 g/mol. The minimum absolute atomic E-state index is 0.149. The standard InChI is InChI=1S/C21H26N4O5S/c26-20(22-23-31(29,30)19-8-4-7-18(15-19)21(27)28)9-10-24-11-13-25(14-12-24)16-17-5-2-1-3-6-17/h1-8,15,23H,9-14,16H2,(H,22,26)(H,27,28). The largest absolute Gasteiger partial charge is 0.478 e. The minimum Gasteiger partial charge on any atom is -0.478 e. The quantitative estimate of drug-likeness (QED) is 0.490. The van der Waals surface area contributed by atoms with Gasteiger partial charge in [-0.3, -0.25) is 15.1 Å². The van der Waals surface area contributed by atoms with Crippen LogP contribution >= 0.6 is 0 Å². The summed E-state index contributed by atoms with van der Waals surface area (Å²) in [5.41, 5.74) is 3.31. The Morgan fingerprint density at radius 2 is 1.61 bits per heavy atom. The molecule has 3 N–H and O–H groups in total. The lowest BCUT2D eigenvalue weighted by Crippen LogP contribution is -2.47. The van der Waals surface area contributed by atoms with E-state index in [4.69, 9.17) is 5.11 Å². The van der Waals surface area contributed by atoms with Gasteiger partial charge in [0.1, 0.15) is 0 Å². The highest BCUT2D eigenvalue weighted by atomic mass is 32.2. The lowest BCUT2D eigenvalue weighted by atomic mass is 10.2. The summed E-state index contributed by atoms with van der Waals surface area (Å²) >= 11 is 0. The molecule has 0 radical (unpaired) electrons. The second-order valence-electron chi connectivity index (χ2n) is 7.34. The van der Waals surface area contributed by atoms with Gasteiger partial charge >= 0.3 is 5.97 Å². The molecule has 2 aromatic rings. The molecule has 1 saturated heterocycles. The molecule has 0 atom stereocenters. The van der Waals surface area contributed by atoms with Gasteiger partial charge in [-0.15, -0.1) is 4.83 Å². The number of rotatable bonds is 9. The van der Waals surface area contributed by atoms with Crippen molar-refractivity contribution in [3.63, 3.8) is 0 Å². The van der Waals surface area contributed by atoms with Crippen LogP contribution in [0.15, 0.2) is 59.5 Å². The number of carboxylic acid groups (broad SMARTS) is 1. The molecular formula is C21H26N4O5S. The SMILES string of the molecule is O=C(CCN1CCN(Cc2ccccc2)CC1)NNS(=O)(=O)c1cccc(C(=O)O)c1. The van der Waals surface area contributed by atoms with Crippen molar-refractivity contribution in [1.82, 2.24) is 20.1 Å². The van der Waals surface area contributed by atoms with E-state index < -0.39 is 21.9 Å². The number of hydrazine groups is 1. The maximum absolute atomic E-state index is 12.3. The Labute approximate surface area is 181 Å². The highest BCUT2D eigenvalue weighted by Crippen LogP contribution is 2.11. The number of carbonyl (C=O) groups is 2. The molecule has 3 rings (SSSR count). The zero-order valence-corrected chi connectivity index (χ0v) is 17.8. The summed E-state index contributed by atoms with van der Waals surface area (Å²) < 4.78 is 24.5. The fourth-order valence-electron chi connectivity index (χ4n) is 3.31. The molecule has 0 aromatic heterocycles. The van der Waals surface area contributed by atoms with E-state index in [-0.39, 0.29) is 16.9 Å². The zero-order valence-electron chi connectivity index (χ0n) is 17.0. The van der Waals surface area contributed by atoms with Crippen LogP contribution in [0.25, 0.3) is 0 Å². The summed E-state index contributed by atoms with van der Waals surface area (Å²) in [5, 5.41) is 8.98. The van der Waals surface area contributed by atoms with E-state index in [2.05, 4.69) is 27.4 Å². The van der Waals surface area contributed by atoms with E-state index >= 15 is 0 Å². The van der Waals surface area contributed by atoms with Gasteiger partial charge in [0.25, 0.3) is 10.0 Å². The van der Waals surface area contributed by atoms with Gasteiger partial charge in [-0.2, -0.15) is 0 Å². The molecule has 9 nitrogen and oxygen atoms in total. The highest BCUT2D eigenvalue weighted by molar-refractivity contribution is 7.89. The fourth-order valence-corrected chi connectivity index (χ4v) is 4.22. The van der Waals surface area contributed by atoms with Crippen molar-refractivity contribution in [1.29, 1.82) is 0 Å². The Morgan fingerprint density at radius 1 is 0.935 bits per heavy atom. The van der Waals surface area contributed by atoms with Gasteiger partial charge in [-0.1, -0.05) is 36.4 Å². The summed E-state index contributed by atoms with van der Waals surface area (Å²) in [4.78, 5) is 29.4. The normalized spacial score (nSPS) is 15.5. The second kappa shape index (κ2) is 10.5. The summed E-state index contributed by atoms with van der Waals surface area (Å²) in [6.07, 6.45) is 0.149. The van der Waals surface area contributed by atoms with Gasteiger partial charge in [-0.05, 0) is 23.8 Å². The number of hydrogen-bond acceptors (Lipinski definition) is 6. The first-order chi connectivity index (χ1) is 14.8. The van der Waals surface area contributed by atoms with Crippen LogP contribution in [-0.2, 0) is 21.4 Å². The molecule has 0 unspecified atom stereocenters. The molecule has 31 heavy (non-hydrogen) atoms. The lowest BCUT2D eigenvalue weighted by molar-refractivity contribution is -0.122. The molecule has 1 amide bonds. The topological polar surface area (TPSA) is 119 Å². The van der Waals surface area contributed by atoms with Crippen LogP contribution in [0.2, 0.25) is 0 Å². The number of hydrogen-bond donors (Lipinski definition) is 3. The number of nitrogens with one attached hydrogen (secondary N) is 2. The van der Waals surface area contributed by atoms with Crippen molar-refractivity contribution in [2.45, 2.75) is 17.9 Å². The maximum Gasteiger partial charge on any atom is 0.335 e. The zero-order chi connectivity index (χ0) is 22.3. The van der Waals surface area contributed by atoms with Crippen LogP contribution in [0, 0.1) is 0 Å². The molecule has 0 aliphatic carbocycles. The smallest absolute Gasteiger partial charge is 0.335 e. The molecule has 1 fully saturated rings. The minimum atomic E-state index is -4.06. The Bertz CT molecular complexity index is 1010. The van der Waals surface area contributed by atoms with Crippen LogP contribution < -0.4 is 10.3 Å². The van der Waals surface area contributed by atoms with Crippen molar-refractivity contribution in [3.8, 4) is 0 Å². The third-order valence-corrected chi connectivity index (χ3v) is 6.33. The van der Waals surface area contributed by atoms with E-state index in [9.17, 15) is 18.0 Å². The van der Waals surface area contributed by atoms with Gasteiger partial charge in [0.05, 0.1) is 10.5 Å². The molecule has 10 heteroatoms. The molecular weight excluding hydrogens is 420 g/mol. The molecule has 0 spiro atoms. The highest BCUT2D eigenvalue weighted by Gasteiger charge is 2.19. The van der Waals surface area contributed by atoms with Gasteiger partial charge in [0, 0.05) is 45.7 Å². The predicted molar refractivity (Wildman–Crippen MR) is 115 cm³/mol. The van der Waals surface area contributed by atoms with Crippen molar-refractivity contribution in [3.05, 3.63) is 65.7 Å². The number of benzene rings is 2. The third-order valence-electron chi connectivity index (χ3n) is 5.09. The average molecular weight is 447 g/mol. The molecule has 0 saturated carbocycles. The third kappa shape index (κ3) is 6.86. The molecule has 166 valence electrons. The molecule has 1 aliphatic rings. The van der Waals surface area contributed by atoms with Gasteiger partial charge in [-0.25, -0.2) is 13.2 Å². The molecule has 0 bridgehead atoms. The van der Waals surface area contributed by atoms with Crippen LogP contribution in [0.5, 0.6) is 0 Å². The van der Waals surface area contributed by atoms with Crippen molar-refractivity contribution in [2.75, 3.05) is 32.7 Å². The Kier molecular flexibility index (Phi) is 7.75. The van der Waals surface area contributed by atoms with E-state index in [0.717, 1.165) is 38.8 Å². The number of aromatic carboxylic acids is 1. The predicted octanol–water partition coefficient (Wildman–Crippen LogP) is 0.902. The van der Waals surface area contributed by atoms with Crippen molar-refractivity contribution < 1.29 is 23.1 Å².